The molecule has 0 aliphatic carbocycles. The van der Waals surface area contributed by atoms with E-state index in [2.05, 4.69) is 26.3 Å². The summed E-state index contributed by atoms with van der Waals surface area (Å²) in [4.78, 5) is 27.7. The molecule has 0 aliphatic rings. The van der Waals surface area contributed by atoms with E-state index in [4.69, 9.17) is 4.42 Å². The summed E-state index contributed by atoms with van der Waals surface area (Å²) in [6.07, 6.45) is 1.55. The molecule has 0 unspecified atom stereocenters. The average molecular weight is 337 g/mol. The van der Waals surface area contributed by atoms with E-state index >= 15 is 0 Å². The molecular weight excluding hydrogens is 310 g/mol. The highest BCUT2D eigenvalue weighted by atomic mass is 16.3. The van der Waals surface area contributed by atoms with Gasteiger partial charge in [-0.1, -0.05) is 0 Å². The molecular formula is C16H27N5O3. The third kappa shape index (κ3) is 8.82. The molecule has 8 nitrogen and oxygen atoms in total. The number of aliphatic imine (C=N–C) groups is 1. The predicted molar refractivity (Wildman–Crippen MR) is 92.4 cm³/mol. The van der Waals surface area contributed by atoms with Gasteiger partial charge in [0.05, 0.1) is 19.4 Å². The van der Waals surface area contributed by atoms with E-state index in [9.17, 15) is 9.59 Å². The van der Waals surface area contributed by atoms with Crippen LogP contribution in [0.15, 0.2) is 27.8 Å². The Balaban J connectivity index is 2.39. The van der Waals surface area contributed by atoms with Crippen molar-refractivity contribution in [2.75, 3.05) is 19.6 Å². The quantitative estimate of drug-likeness (QED) is 0.425. The molecule has 1 rings (SSSR count). The first-order chi connectivity index (χ1) is 11.3. The minimum atomic E-state index is -0.301. The molecule has 1 aromatic heterocycles. The number of rotatable bonds is 7. The SMILES string of the molecule is CCNC(=NCC(=O)NC(C)(C)C)NCC(=O)NCc1ccco1. The van der Waals surface area contributed by atoms with Crippen LogP contribution < -0.4 is 21.3 Å². The molecule has 8 heteroatoms. The van der Waals surface area contributed by atoms with Crippen molar-refractivity contribution >= 4 is 17.8 Å². The topological polar surface area (TPSA) is 108 Å². The van der Waals surface area contributed by atoms with Gasteiger partial charge in [0.2, 0.25) is 11.8 Å². The van der Waals surface area contributed by atoms with Crippen molar-refractivity contribution in [1.29, 1.82) is 0 Å². The zero-order valence-electron chi connectivity index (χ0n) is 14.7. The number of furan rings is 1. The van der Waals surface area contributed by atoms with Gasteiger partial charge in [-0.2, -0.15) is 0 Å². The van der Waals surface area contributed by atoms with Crippen molar-refractivity contribution in [3.05, 3.63) is 24.2 Å². The van der Waals surface area contributed by atoms with Crippen LogP contribution in [0.25, 0.3) is 0 Å². The molecule has 1 heterocycles. The number of amides is 2. The van der Waals surface area contributed by atoms with Crippen LogP contribution >= 0.6 is 0 Å². The molecule has 2 amide bonds. The molecule has 24 heavy (non-hydrogen) atoms. The van der Waals surface area contributed by atoms with Gasteiger partial charge in [-0.3, -0.25) is 9.59 Å². The number of carbonyl (C=O) groups excluding carboxylic acids is 2. The second-order valence-electron chi connectivity index (χ2n) is 6.20. The van der Waals surface area contributed by atoms with Crippen molar-refractivity contribution in [3.63, 3.8) is 0 Å². The molecule has 0 bridgehead atoms. The molecule has 0 aromatic carbocycles. The highest BCUT2D eigenvalue weighted by molar-refractivity contribution is 5.88. The Morgan fingerprint density at radius 2 is 1.92 bits per heavy atom. The molecule has 0 aliphatic heterocycles. The molecule has 0 spiro atoms. The van der Waals surface area contributed by atoms with E-state index < -0.39 is 0 Å². The van der Waals surface area contributed by atoms with Crippen molar-refractivity contribution in [2.24, 2.45) is 4.99 Å². The fourth-order valence-corrected chi connectivity index (χ4v) is 1.78. The van der Waals surface area contributed by atoms with Crippen LogP contribution in [0.4, 0.5) is 0 Å². The van der Waals surface area contributed by atoms with Crippen LogP contribution in [0.2, 0.25) is 0 Å². The van der Waals surface area contributed by atoms with Crippen LogP contribution in [0.5, 0.6) is 0 Å². The Labute approximate surface area is 142 Å². The third-order valence-corrected chi connectivity index (χ3v) is 2.70. The molecule has 0 atom stereocenters. The Hall–Kier alpha value is -2.51. The molecule has 1 aromatic rings. The first-order valence-electron chi connectivity index (χ1n) is 7.92. The van der Waals surface area contributed by atoms with Gasteiger partial charge in [0, 0.05) is 12.1 Å². The van der Waals surface area contributed by atoms with Crippen molar-refractivity contribution in [1.82, 2.24) is 21.3 Å². The van der Waals surface area contributed by atoms with Crippen molar-refractivity contribution in [2.45, 2.75) is 39.8 Å². The lowest BCUT2D eigenvalue weighted by atomic mass is 10.1. The summed E-state index contributed by atoms with van der Waals surface area (Å²) in [5.41, 5.74) is -0.301. The van der Waals surface area contributed by atoms with E-state index in [-0.39, 0.29) is 30.4 Å². The van der Waals surface area contributed by atoms with E-state index in [1.807, 2.05) is 27.7 Å². The smallest absolute Gasteiger partial charge is 0.242 e. The van der Waals surface area contributed by atoms with Crippen LogP contribution in [0.3, 0.4) is 0 Å². The monoisotopic (exact) mass is 337 g/mol. The second-order valence-corrected chi connectivity index (χ2v) is 6.20. The number of hydrogen-bond donors (Lipinski definition) is 4. The summed E-state index contributed by atoms with van der Waals surface area (Å²) in [6, 6.07) is 3.55. The van der Waals surface area contributed by atoms with Gasteiger partial charge in [-0.25, -0.2) is 4.99 Å². The van der Waals surface area contributed by atoms with Gasteiger partial charge in [0.1, 0.15) is 12.3 Å². The zero-order valence-corrected chi connectivity index (χ0v) is 14.7. The van der Waals surface area contributed by atoms with Gasteiger partial charge >= 0.3 is 0 Å². The number of guanidine groups is 1. The summed E-state index contributed by atoms with van der Waals surface area (Å²) in [5, 5.41) is 11.4. The molecule has 4 N–H and O–H groups in total. The van der Waals surface area contributed by atoms with Crippen LogP contribution in [0.1, 0.15) is 33.5 Å². The van der Waals surface area contributed by atoms with E-state index in [0.29, 0.717) is 24.8 Å². The molecule has 0 saturated heterocycles. The minimum Gasteiger partial charge on any atom is -0.467 e. The normalized spacial score (nSPS) is 11.8. The number of nitrogens with zero attached hydrogens (tertiary/aromatic N) is 1. The van der Waals surface area contributed by atoms with Gasteiger partial charge in [0.15, 0.2) is 5.96 Å². The summed E-state index contributed by atoms with van der Waals surface area (Å²) in [7, 11) is 0. The fourth-order valence-electron chi connectivity index (χ4n) is 1.78. The van der Waals surface area contributed by atoms with Crippen LogP contribution in [-0.2, 0) is 16.1 Å². The van der Waals surface area contributed by atoms with Crippen molar-refractivity contribution in [3.8, 4) is 0 Å². The lowest BCUT2D eigenvalue weighted by Gasteiger charge is -2.20. The number of nitrogens with one attached hydrogen (secondary N) is 4. The Kier molecular flexibility index (Phi) is 7.81. The fraction of sp³-hybridized carbons (Fsp3) is 0.562. The second kappa shape index (κ2) is 9.59. The molecule has 134 valence electrons. The summed E-state index contributed by atoms with van der Waals surface area (Å²) in [6.45, 7) is 8.61. The van der Waals surface area contributed by atoms with E-state index in [1.165, 1.54) is 0 Å². The maximum atomic E-state index is 11.8. The zero-order chi connectivity index (χ0) is 18.0. The molecule has 0 fully saturated rings. The van der Waals surface area contributed by atoms with Gasteiger partial charge in [-0.05, 0) is 39.8 Å². The molecule has 0 saturated carbocycles. The third-order valence-electron chi connectivity index (χ3n) is 2.70. The maximum Gasteiger partial charge on any atom is 0.242 e. The summed E-state index contributed by atoms with van der Waals surface area (Å²) >= 11 is 0. The first-order valence-corrected chi connectivity index (χ1v) is 7.92. The lowest BCUT2D eigenvalue weighted by molar-refractivity contribution is -0.121. The van der Waals surface area contributed by atoms with Gasteiger partial charge in [0.25, 0.3) is 0 Å². The largest absolute Gasteiger partial charge is 0.467 e. The van der Waals surface area contributed by atoms with Gasteiger partial charge < -0.3 is 25.7 Å². The standard InChI is InChI=1S/C16H27N5O3/c1-5-17-15(20-11-14(23)21-16(2,3)4)19-10-13(22)18-9-12-7-6-8-24-12/h6-8H,5,9-11H2,1-4H3,(H,18,22)(H,21,23)(H2,17,19,20). The maximum absolute atomic E-state index is 11.8. The Morgan fingerprint density at radius 3 is 2.50 bits per heavy atom. The lowest BCUT2D eigenvalue weighted by Crippen LogP contribution is -2.45. The van der Waals surface area contributed by atoms with Crippen molar-refractivity contribution < 1.29 is 14.0 Å². The highest BCUT2D eigenvalue weighted by Gasteiger charge is 2.13. The first kappa shape index (κ1) is 19.5. The van der Waals surface area contributed by atoms with Crippen LogP contribution in [0, 0.1) is 0 Å². The van der Waals surface area contributed by atoms with Gasteiger partial charge in [-0.15, -0.1) is 0 Å². The Bertz CT molecular complexity index is 547. The highest BCUT2D eigenvalue weighted by Crippen LogP contribution is 1.98. The summed E-state index contributed by atoms with van der Waals surface area (Å²) in [5.74, 6) is 0.718. The minimum absolute atomic E-state index is 0.0133. The van der Waals surface area contributed by atoms with E-state index in [1.54, 1.807) is 18.4 Å². The van der Waals surface area contributed by atoms with Crippen LogP contribution in [-0.4, -0.2) is 42.9 Å². The Morgan fingerprint density at radius 1 is 1.17 bits per heavy atom. The average Bonchev–Trinajstić information content (AvgIpc) is 2.99. The summed E-state index contributed by atoms with van der Waals surface area (Å²) < 4.78 is 5.14. The number of hydrogen-bond acceptors (Lipinski definition) is 4. The van der Waals surface area contributed by atoms with E-state index in [0.717, 1.165) is 0 Å². The molecule has 0 radical (unpaired) electrons. The predicted octanol–water partition coefficient (Wildman–Crippen LogP) is 0.366. The number of carbonyl (C=O) groups is 2.